The van der Waals surface area contributed by atoms with E-state index in [0.717, 1.165) is 58.4 Å². The van der Waals surface area contributed by atoms with Crippen LogP contribution in [0.2, 0.25) is 0 Å². The maximum atomic E-state index is 5.41. The van der Waals surface area contributed by atoms with Crippen molar-refractivity contribution in [3.63, 3.8) is 0 Å². The number of halogens is 1. The lowest BCUT2D eigenvalue weighted by Gasteiger charge is -2.29. The molecule has 1 aliphatic rings. The van der Waals surface area contributed by atoms with Crippen LogP contribution in [0, 0.1) is 5.92 Å². The Labute approximate surface area is 158 Å². The van der Waals surface area contributed by atoms with Gasteiger partial charge in [-0.05, 0) is 40.9 Å². The molecule has 0 aliphatic carbocycles. The number of nitrogens with zero attached hydrogens (tertiary/aromatic N) is 3. The van der Waals surface area contributed by atoms with Gasteiger partial charge in [-0.3, -0.25) is 9.89 Å². The topological polar surface area (TPSA) is 40.1 Å². The molecule has 0 radical (unpaired) electrons. The Bertz CT molecular complexity index is 516. The van der Waals surface area contributed by atoms with E-state index in [9.17, 15) is 0 Å². The van der Waals surface area contributed by atoms with Crippen LogP contribution < -0.4 is 5.32 Å². The summed E-state index contributed by atoms with van der Waals surface area (Å²) in [4.78, 5) is 10.9. The fourth-order valence-electron chi connectivity index (χ4n) is 2.74. The first-order valence-electron chi connectivity index (χ1n) is 8.62. The lowest BCUT2D eigenvalue weighted by Crippen LogP contribution is -2.40. The van der Waals surface area contributed by atoms with Crippen LogP contribution in [0.3, 0.4) is 0 Å². The van der Waals surface area contributed by atoms with E-state index in [0.29, 0.717) is 5.92 Å². The highest BCUT2D eigenvalue weighted by Crippen LogP contribution is 2.23. The molecule has 7 heteroatoms. The van der Waals surface area contributed by atoms with Gasteiger partial charge in [-0.15, -0.1) is 11.3 Å². The van der Waals surface area contributed by atoms with Gasteiger partial charge < -0.3 is 15.0 Å². The van der Waals surface area contributed by atoms with Crippen molar-refractivity contribution in [3.05, 3.63) is 20.8 Å². The number of hydrogen-bond donors (Lipinski definition) is 1. The van der Waals surface area contributed by atoms with Gasteiger partial charge in [0.2, 0.25) is 0 Å². The predicted octanol–water partition coefficient (Wildman–Crippen LogP) is 2.88. The van der Waals surface area contributed by atoms with E-state index < -0.39 is 0 Å². The molecule has 24 heavy (non-hydrogen) atoms. The molecule has 0 aromatic carbocycles. The van der Waals surface area contributed by atoms with E-state index in [4.69, 9.17) is 9.73 Å². The van der Waals surface area contributed by atoms with Gasteiger partial charge in [-0.1, -0.05) is 6.92 Å². The number of ether oxygens (including phenoxy) is 1. The second kappa shape index (κ2) is 10.4. The molecule has 136 valence electrons. The van der Waals surface area contributed by atoms with Gasteiger partial charge in [0.15, 0.2) is 5.96 Å². The zero-order valence-electron chi connectivity index (χ0n) is 14.9. The summed E-state index contributed by atoms with van der Waals surface area (Å²) in [5.74, 6) is 1.52. The molecule has 2 heterocycles. The Kier molecular flexibility index (Phi) is 8.52. The molecule has 0 amide bonds. The highest BCUT2D eigenvalue weighted by molar-refractivity contribution is 9.11. The molecule has 0 spiro atoms. The minimum atomic E-state index is 0.543. The summed E-state index contributed by atoms with van der Waals surface area (Å²) < 4.78 is 6.59. The van der Waals surface area contributed by atoms with E-state index >= 15 is 0 Å². The Morgan fingerprint density at radius 2 is 2.21 bits per heavy atom. The van der Waals surface area contributed by atoms with Gasteiger partial charge in [0.05, 0.1) is 23.5 Å². The van der Waals surface area contributed by atoms with Crippen LogP contribution in [0.5, 0.6) is 0 Å². The zero-order chi connectivity index (χ0) is 17.4. The van der Waals surface area contributed by atoms with E-state index in [2.05, 4.69) is 64.1 Å². The first-order valence-corrected chi connectivity index (χ1v) is 10.2. The van der Waals surface area contributed by atoms with Crippen molar-refractivity contribution < 1.29 is 4.74 Å². The molecule has 1 fully saturated rings. The number of aliphatic imine (C=N–C) groups is 1. The molecule has 1 aromatic rings. The third-order valence-electron chi connectivity index (χ3n) is 3.94. The Morgan fingerprint density at radius 1 is 1.46 bits per heavy atom. The van der Waals surface area contributed by atoms with Crippen molar-refractivity contribution in [2.45, 2.75) is 20.4 Å². The number of thiophene rings is 1. The monoisotopic (exact) mass is 416 g/mol. The summed E-state index contributed by atoms with van der Waals surface area (Å²) in [7, 11) is 2.10. The Morgan fingerprint density at radius 3 is 2.83 bits per heavy atom. The first-order chi connectivity index (χ1) is 11.6. The molecule has 1 aromatic heterocycles. The summed E-state index contributed by atoms with van der Waals surface area (Å²) in [5, 5.41) is 3.40. The minimum Gasteiger partial charge on any atom is -0.379 e. The fourth-order valence-corrected chi connectivity index (χ4v) is 4.28. The SMILES string of the molecule is CCNC(=NCC(C)CN1CCOCC1)N(C)Cc1ccc(Br)s1. The van der Waals surface area contributed by atoms with Gasteiger partial charge >= 0.3 is 0 Å². The molecule has 2 rings (SSSR count). The van der Waals surface area contributed by atoms with Crippen LogP contribution in [0.4, 0.5) is 0 Å². The van der Waals surface area contributed by atoms with Crippen LogP contribution >= 0.6 is 27.3 Å². The van der Waals surface area contributed by atoms with Crippen molar-refractivity contribution in [3.8, 4) is 0 Å². The number of guanidine groups is 1. The molecule has 0 saturated carbocycles. The van der Waals surface area contributed by atoms with Gasteiger partial charge in [-0.2, -0.15) is 0 Å². The summed E-state index contributed by atoms with van der Waals surface area (Å²) in [6.07, 6.45) is 0. The van der Waals surface area contributed by atoms with E-state index in [-0.39, 0.29) is 0 Å². The number of nitrogens with one attached hydrogen (secondary N) is 1. The molecular formula is C17H29BrN4OS. The summed E-state index contributed by atoms with van der Waals surface area (Å²) >= 11 is 5.30. The fraction of sp³-hybridized carbons (Fsp3) is 0.706. The standard InChI is InChI=1S/C17H29BrN4OS/c1-4-19-17(21(3)13-15-5-6-16(18)24-15)20-11-14(2)12-22-7-9-23-10-8-22/h5-6,14H,4,7-13H2,1-3H3,(H,19,20). The molecule has 1 saturated heterocycles. The predicted molar refractivity (Wildman–Crippen MR) is 106 cm³/mol. The molecular weight excluding hydrogens is 388 g/mol. The molecule has 0 bridgehead atoms. The third-order valence-corrected chi connectivity index (χ3v) is 5.55. The maximum absolute atomic E-state index is 5.41. The lowest BCUT2D eigenvalue weighted by molar-refractivity contribution is 0.0323. The first kappa shape index (κ1) is 19.7. The lowest BCUT2D eigenvalue weighted by atomic mass is 10.1. The van der Waals surface area contributed by atoms with Crippen molar-refractivity contribution in [1.82, 2.24) is 15.1 Å². The van der Waals surface area contributed by atoms with E-state index in [1.165, 1.54) is 8.66 Å². The number of morpholine rings is 1. The van der Waals surface area contributed by atoms with Gasteiger partial charge in [0, 0.05) is 44.6 Å². The van der Waals surface area contributed by atoms with Gasteiger partial charge in [0.1, 0.15) is 0 Å². The average Bonchev–Trinajstić information content (AvgIpc) is 2.97. The quantitative estimate of drug-likeness (QED) is 0.547. The molecule has 1 unspecified atom stereocenters. The van der Waals surface area contributed by atoms with Crippen LogP contribution in [-0.4, -0.2) is 68.7 Å². The van der Waals surface area contributed by atoms with E-state index in [1.54, 1.807) is 11.3 Å². The van der Waals surface area contributed by atoms with Crippen molar-refractivity contribution in [2.75, 3.05) is 53.0 Å². The summed E-state index contributed by atoms with van der Waals surface area (Å²) in [6.45, 7) is 11.9. The minimum absolute atomic E-state index is 0.543. The second-order valence-corrected chi connectivity index (χ2v) is 8.82. The summed E-state index contributed by atoms with van der Waals surface area (Å²) in [6, 6.07) is 4.26. The van der Waals surface area contributed by atoms with Crippen LogP contribution in [0.25, 0.3) is 0 Å². The maximum Gasteiger partial charge on any atom is 0.193 e. The van der Waals surface area contributed by atoms with Crippen LogP contribution in [0.15, 0.2) is 20.9 Å². The largest absolute Gasteiger partial charge is 0.379 e. The van der Waals surface area contributed by atoms with Gasteiger partial charge in [0.25, 0.3) is 0 Å². The van der Waals surface area contributed by atoms with Crippen molar-refractivity contribution in [2.24, 2.45) is 10.9 Å². The number of rotatable bonds is 7. The van der Waals surface area contributed by atoms with Crippen LogP contribution in [0.1, 0.15) is 18.7 Å². The van der Waals surface area contributed by atoms with Crippen molar-refractivity contribution in [1.29, 1.82) is 0 Å². The molecule has 5 nitrogen and oxygen atoms in total. The highest BCUT2D eigenvalue weighted by atomic mass is 79.9. The highest BCUT2D eigenvalue weighted by Gasteiger charge is 2.14. The summed E-state index contributed by atoms with van der Waals surface area (Å²) in [5.41, 5.74) is 0. The average molecular weight is 417 g/mol. The normalized spacial score (nSPS) is 17.8. The van der Waals surface area contributed by atoms with Crippen molar-refractivity contribution >= 4 is 33.2 Å². The Hall–Kier alpha value is -0.630. The number of hydrogen-bond acceptors (Lipinski definition) is 4. The molecule has 1 atom stereocenters. The second-order valence-electron chi connectivity index (χ2n) is 6.27. The zero-order valence-corrected chi connectivity index (χ0v) is 17.3. The third kappa shape index (κ3) is 6.70. The molecule has 1 aliphatic heterocycles. The van der Waals surface area contributed by atoms with Gasteiger partial charge in [-0.25, -0.2) is 0 Å². The molecule has 1 N–H and O–H groups in total. The Balaban J connectivity index is 1.86. The van der Waals surface area contributed by atoms with Crippen LogP contribution in [-0.2, 0) is 11.3 Å². The smallest absolute Gasteiger partial charge is 0.193 e. The van der Waals surface area contributed by atoms with E-state index in [1.807, 2.05) is 0 Å².